The van der Waals surface area contributed by atoms with Crippen molar-refractivity contribution in [2.24, 2.45) is 0 Å². The molecule has 0 fully saturated rings. The molecule has 0 radical (unpaired) electrons. The fourth-order valence-electron chi connectivity index (χ4n) is 1.63. The van der Waals surface area contributed by atoms with Crippen molar-refractivity contribution < 1.29 is 14.3 Å². The normalized spacial score (nSPS) is 10.2. The summed E-state index contributed by atoms with van der Waals surface area (Å²) in [6, 6.07) is 5.55. The van der Waals surface area contributed by atoms with Gasteiger partial charge in [-0.1, -0.05) is 34.8 Å². The average Bonchev–Trinajstić information content (AvgIpc) is 2.49. The van der Waals surface area contributed by atoms with Crippen LogP contribution in [-0.4, -0.2) is 23.5 Å². The number of aromatic nitrogens is 1. The van der Waals surface area contributed by atoms with Gasteiger partial charge in [0.2, 0.25) is 0 Å². The van der Waals surface area contributed by atoms with Gasteiger partial charge in [-0.2, -0.15) is 0 Å². The summed E-state index contributed by atoms with van der Waals surface area (Å²) < 4.78 is 4.76. The molecule has 0 spiro atoms. The molecule has 9 heteroatoms. The molecule has 0 saturated carbocycles. The number of aromatic amines is 1. The number of anilines is 1. The highest BCUT2D eigenvalue weighted by molar-refractivity contribution is 6.42. The summed E-state index contributed by atoms with van der Waals surface area (Å²) >= 11 is 17.6. The quantitative estimate of drug-likeness (QED) is 0.804. The fourth-order valence-corrected chi connectivity index (χ4v) is 2.54. The summed E-state index contributed by atoms with van der Waals surface area (Å²) in [6.45, 7) is -0.609. The third-order valence-corrected chi connectivity index (χ3v) is 3.46. The minimum absolute atomic E-state index is 0.140. The van der Waals surface area contributed by atoms with Crippen LogP contribution in [0.4, 0.5) is 5.69 Å². The number of amides is 1. The van der Waals surface area contributed by atoms with Crippen LogP contribution in [0, 0.1) is 0 Å². The fraction of sp³-hybridized carbons (Fsp3) is 0.0714. The SMILES string of the molecule is O=C(COC(=O)c1ccc[nH]c1=O)Nc1c(Cl)cc(Cl)cc1Cl. The Labute approximate surface area is 145 Å². The maximum atomic E-state index is 11.8. The molecule has 0 unspecified atom stereocenters. The van der Waals surface area contributed by atoms with Gasteiger partial charge in [-0.25, -0.2) is 4.79 Å². The maximum absolute atomic E-state index is 11.8. The lowest BCUT2D eigenvalue weighted by Gasteiger charge is -2.10. The lowest BCUT2D eigenvalue weighted by Crippen LogP contribution is -2.24. The Morgan fingerprint density at radius 1 is 1.17 bits per heavy atom. The molecule has 1 heterocycles. The van der Waals surface area contributed by atoms with E-state index in [1.807, 2.05) is 0 Å². The molecule has 0 atom stereocenters. The molecule has 0 aliphatic carbocycles. The van der Waals surface area contributed by atoms with Crippen LogP contribution in [0.1, 0.15) is 10.4 Å². The number of pyridine rings is 1. The minimum Gasteiger partial charge on any atom is -0.452 e. The number of H-pyrrole nitrogens is 1. The zero-order chi connectivity index (χ0) is 17.0. The van der Waals surface area contributed by atoms with Crippen molar-refractivity contribution in [3.05, 3.63) is 61.4 Å². The molecule has 1 aromatic heterocycles. The first kappa shape index (κ1) is 17.3. The van der Waals surface area contributed by atoms with E-state index >= 15 is 0 Å². The van der Waals surface area contributed by atoms with Crippen molar-refractivity contribution in [2.75, 3.05) is 11.9 Å². The van der Waals surface area contributed by atoms with Crippen molar-refractivity contribution in [3.8, 4) is 0 Å². The Kier molecular flexibility index (Phi) is 5.65. The summed E-state index contributed by atoms with van der Waals surface area (Å²) in [7, 11) is 0. The van der Waals surface area contributed by atoms with Gasteiger partial charge in [-0.05, 0) is 24.3 Å². The molecule has 2 rings (SSSR count). The van der Waals surface area contributed by atoms with Gasteiger partial charge in [0.15, 0.2) is 6.61 Å². The zero-order valence-electron chi connectivity index (χ0n) is 11.4. The number of carbonyl (C=O) groups is 2. The second-order valence-corrected chi connectivity index (χ2v) is 5.53. The van der Waals surface area contributed by atoms with Gasteiger partial charge in [0, 0.05) is 11.2 Å². The average molecular weight is 376 g/mol. The molecule has 2 N–H and O–H groups in total. The number of esters is 1. The zero-order valence-corrected chi connectivity index (χ0v) is 13.6. The van der Waals surface area contributed by atoms with Gasteiger partial charge in [-0.15, -0.1) is 0 Å². The van der Waals surface area contributed by atoms with Gasteiger partial charge in [0.25, 0.3) is 11.5 Å². The summed E-state index contributed by atoms with van der Waals surface area (Å²) in [5, 5.41) is 3.00. The van der Waals surface area contributed by atoms with E-state index in [9.17, 15) is 14.4 Å². The van der Waals surface area contributed by atoms with Crippen molar-refractivity contribution >= 4 is 52.4 Å². The highest BCUT2D eigenvalue weighted by Gasteiger charge is 2.15. The van der Waals surface area contributed by atoms with E-state index in [1.54, 1.807) is 0 Å². The van der Waals surface area contributed by atoms with Crippen LogP contribution in [0.3, 0.4) is 0 Å². The van der Waals surface area contributed by atoms with Gasteiger partial charge < -0.3 is 15.0 Å². The molecular formula is C14H9Cl3N2O4. The van der Waals surface area contributed by atoms with E-state index in [2.05, 4.69) is 10.3 Å². The second-order valence-electron chi connectivity index (χ2n) is 4.28. The summed E-state index contributed by atoms with van der Waals surface area (Å²) in [4.78, 5) is 37.2. The lowest BCUT2D eigenvalue weighted by atomic mass is 10.3. The molecule has 0 saturated heterocycles. The molecule has 0 aliphatic heterocycles. The predicted molar refractivity (Wildman–Crippen MR) is 87.4 cm³/mol. The third-order valence-electron chi connectivity index (χ3n) is 2.64. The monoisotopic (exact) mass is 374 g/mol. The van der Waals surface area contributed by atoms with E-state index in [0.717, 1.165) is 0 Å². The van der Waals surface area contributed by atoms with Crippen molar-refractivity contribution in [1.29, 1.82) is 0 Å². The van der Waals surface area contributed by atoms with Crippen molar-refractivity contribution in [2.45, 2.75) is 0 Å². The highest BCUT2D eigenvalue weighted by atomic mass is 35.5. The Hall–Kier alpha value is -2.02. The smallest absolute Gasteiger partial charge is 0.344 e. The topological polar surface area (TPSA) is 88.3 Å². The van der Waals surface area contributed by atoms with Gasteiger partial charge in [0.05, 0.1) is 15.7 Å². The number of hydrogen-bond donors (Lipinski definition) is 2. The van der Waals surface area contributed by atoms with E-state index in [1.165, 1.54) is 30.5 Å². The summed E-state index contributed by atoms with van der Waals surface area (Å²) in [5.74, 6) is -1.59. The van der Waals surface area contributed by atoms with Crippen molar-refractivity contribution in [1.82, 2.24) is 4.98 Å². The van der Waals surface area contributed by atoms with E-state index in [-0.39, 0.29) is 21.3 Å². The van der Waals surface area contributed by atoms with Crippen LogP contribution < -0.4 is 10.9 Å². The largest absolute Gasteiger partial charge is 0.452 e. The van der Waals surface area contributed by atoms with E-state index in [4.69, 9.17) is 39.5 Å². The van der Waals surface area contributed by atoms with Gasteiger partial charge in [-0.3, -0.25) is 9.59 Å². The molecule has 2 aromatic rings. The molecule has 0 bridgehead atoms. The van der Waals surface area contributed by atoms with Gasteiger partial charge in [0.1, 0.15) is 5.56 Å². The number of halogens is 3. The number of rotatable bonds is 4. The Morgan fingerprint density at radius 3 is 2.43 bits per heavy atom. The van der Waals surface area contributed by atoms with Crippen molar-refractivity contribution in [3.63, 3.8) is 0 Å². The van der Waals surface area contributed by atoms with Crippen LogP contribution >= 0.6 is 34.8 Å². The molecule has 1 amide bonds. The molecular weight excluding hydrogens is 367 g/mol. The first-order valence-corrected chi connectivity index (χ1v) is 7.31. The van der Waals surface area contributed by atoms with Crippen LogP contribution in [0.2, 0.25) is 15.1 Å². The molecule has 120 valence electrons. The standard InChI is InChI=1S/C14H9Cl3N2O4/c15-7-4-9(16)12(10(17)5-7)19-11(20)6-23-14(22)8-2-1-3-18-13(8)21/h1-5H,6H2,(H,18,21)(H,19,20). The third kappa shape index (κ3) is 4.48. The summed E-state index contributed by atoms with van der Waals surface area (Å²) in [6.07, 6.45) is 1.37. The van der Waals surface area contributed by atoms with Crippen LogP contribution in [-0.2, 0) is 9.53 Å². The first-order chi connectivity index (χ1) is 10.9. The van der Waals surface area contributed by atoms with Crippen LogP contribution in [0.25, 0.3) is 0 Å². The van der Waals surface area contributed by atoms with E-state index in [0.29, 0.717) is 5.02 Å². The summed E-state index contributed by atoms with van der Waals surface area (Å²) in [5.41, 5.74) is -0.666. The second kappa shape index (κ2) is 7.50. The maximum Gasteiger partial charge on any atom is 0.344 e. The Balaban J connectivity index is 2.00. The first-order valence-electron chi connectivity index (χ1n) is 6.17. The number of nitrogens with one attached hydrogen (secondary N) is 2. The number of carbonyl (C=O) groups excluding carboxylic acids is 2. The van der Waals surface area contributed by atoms with Gasteiger partial charge >= 0.3 is 5.97 Å². The Morgan fingerprint density at radius 2 is 1.83 bits per heavy atom. The molecule has 0 aliphatic rings. The number of benzene rings is 1. The minimum atomic E-state index is -0.921. The van der Waals surface area contributed by atoms with Crippen LogP contribution in [0.15, 0.2) is 35.3 Å². The highest BCUT2D eigenvalue weighted by Crippen LogP contribution is 2.33. The number of ether oxygens (including phenoxy) is 1. The Bertz CT molecular complexity index is 797. The number of hydrogen-bond acceptors (Lipinski definition) is 4. The van der Waals surface area contributed by atoms with Crippen LogP contribution in [0.5, 0.6) is 0 Å². The molecule has 23 heavy (non-hydrogen) atoms. The van der Waals surface area contributed by atoms with E-state index < -0.39 is 24.0 Å². The molecule has 6 nitrogen and oxygen atoms in total. The molecule has 1 aromatic carbocycles. The predicted octanol–water partition coefficient (Wildman–Crippen LogP) is 3.13. The lowest BCUT2D eigenvalue weighted by molar-refractivity contribution is -0.119.